The summed E-state index contributed by atoms with van der Waals surface area (Å²) in [5, 5.41) is 0. The van der Waals surface area contributed by atoms with Crippen molar-refractivity contribution >= 4 is 5.97 Å². The number of hydrogen-bond acceptors (Lipinski definition) is 3. The number of hydrogen-bond donors (Lipinski definition) is 0. The van der Waals surface area contributed by atoms with E-state index >= 15 is 0 Å². The summed E-state index contributed by atoms with van der Waals surface area (Å²) in [4.78, 5) is 13.7. The van der Waals surface area contributed by atoms with Crippen molar-refractivity contribution in [3.8, 4) is 0 Å². The van der Waals surface area contributed by atoms with Gasteiger partial charge in [0.1, 0.15) is 0 Å². The molecular weight excluding hydrogens is 238 g/mol. The second kappa shape index (κ2) is 7.29. The highest BCUT2D eigenvalue weighted by atomic mass is 16.5. The predicted octanol–water partition coefficient (Wildman–Crippen LogP) is 2.65. The van der Waals surface area contributed by atoms with Crippen molar-refractivity contribution in [1.82, 2.24) is 4.90 Å². The second-order valence-corrected chi connectivity index (χ2v) is 5.20. The summed E-state index contributed by atoms with van der Waals surface area (Å²) in [5.41, 5.74) is 1.39. The van der Waals surface area contributed by atoms with Gasteiger partial charge in [0.2, 0.25) is 0 Å². The molecule has 3 heteroatoms. The van der Waals surface area contributed by atoms with Crippen molar-refractivity contribution in [1.29, 1.82) is 0 Å². The van der Waals surface area contributed by atoms with Crippen molar-refractivity contribution in [3.05, 3.63) is 35.9 Å². The number of piperidine rings is 1. The molecule has 1 unspecified atom stereocenters. The first kappa shape index (κ1) is 14.1. The lowest BCUT2D eigenvalue weighted by Gasteiger charge is -2.35. The minimum atomic E-state index is -0.107. The number of carbonyl (C=O) groups is 1. The highest BCUT2D eigenvalue weighted by Crippen LogP contribution is 2.20. The standard InChI is InChI=1S/C16H23NO2/c1-19-16(18)10-12-17-11-6-5-9-15(17)13-14-7-3-2-4-8-14/h2-4,7-8,15H,5-6,9-13H2,1H3. The Hall–Kier alpha value is -1.35. The number of nitrogens with zero attached hydrogens (tertiary/aromatic N) is 1. The van der Waals surface area contributed by atoms with Gasteiger partial charge in [-0.05, 0) is 31.4 Å². The van der Waals surface area contributed by atoms with Gasteiger partial charge in [-0.25, -0.2) is 0 Å². The van der Waals surface area contributed by atoms with Gasteiger partial charge in [0.05, 0.1) is 13.5 Å². The molecule has 0 aromatic heterocycles. The summed E-state index contributed by atoms with van der Waals surface area (Å²) >= 11 is 0. The molecule has 3 nitrogen and oxygen atoms in total. The maximum absolute atomic E-state index is 11.3. The first-order valence-electron chi connectivity index (χ1n) is 7.14. The third-order valence-corrected chi connectivity index (χ3v) is 3.89. The third kappa shape index (κ3) is 4.35. The van der Waals surface area contributed by atoms with Gasteiger partial charge in [0, 0.05) is 12.6 Å². The first-order chi connectivity index (χ1) is 9.29. The number of esters is 1. The second-order valence-electron chi connectivity index (χ2n) is 5.20. The van der Waals surface area contributed by atoms with E-state index in [9.17, 15) is 4.79 Å². The van der Waals surface area contributed by atoms with Crippen molar-refractivity contribution in [3.63, 3.8) is 0 Å². The number of likely N-dealkylation sites (tertiary alicyclic amines) is 1. The molecule has 1 fully saturated rings. The lowest BCUT2D eigenvalue weighted by molar-refractivity contribution is -0.141. The Morgan fingerprint density at radius 3 is 2.84 bits per heavy atom. The van der Waals surface area contributed by atoms with E-state index < -0.39 is 0 Å². The normalized spacial score (nSPS) is 20.2. The molecule has 2 rings (SSSR count). The van der Waals surface area contributed by atoms with Crippen LogP contribution in [0.3, 0.4) is 0 Å². The monoisotopic (exact) mass is 261 g/mol. The molecule has 1 heterocycles. The maximum atomic E-state index is 11.3. The average Bonchev–Trinajstić information content (AvgIpc) is 2.47. The zero-order valence-electron chi connectivity index (χ0n) is 11.7. The number of benzene rings is 1. The van der Waals surface area contributed by atoms with Crippen LogP contribution >= 0.6 is 0 Å². The van der Waals surface area contributed by atoms with Crippen molar-refractivity contribution in [2.24, 2.45) is 0 Å². The highest BCUT2D eigenvalue weighted by molar-refractivity contribution is 5.69. The molecule has 0 radical (unpaired) electrons. The molecule has 0 amide bonds. The van der Waals surface area contributed by atoms with Crippen LogP contribution in [0.2, 0.25) is 0 Å². The van der Waals surface area contributed by atoms with E-state index in [1.54, 1.807) is 0 Å². The molecule has 1 aliphatic heterocycles. The van der Waals surface area contributed by atoms with Crippen molar-refractivity contribution in [2.45, 2.75) is 38.1 Å². The smallest absolute Gasteiger partial charge is 0.306 e. The highest BCUT2D eigenvalue weighted by Gasteiger charge is 2.22. The molecule has 104 valence electrons. The topological polar surface area (TPSA) is 29.5 Å². The van der Waals surface area contributed by atoms with Crippen LogP contribution in [-0.4, -0.2) is 37.1 Å². The van der Waals surface area contributed by atoms with Gasteiger partial charge in [0.25, 0.3) is 0 Å². The van der Waals surface area contributed by atoms with Gasteiger partial charge in [-0.3, -0.25) is 9.69 Å². The van der Waals surface area contributed by atoms with E-state index in [-0.39, 0.29) is 5.97 Å². The Morgan fingerprint density at radius 2 is 2.11 bits per heavy atom. The van der Waals surface area contributed by atoms with Crippen LogP contribution in [0.5, 0.6) is 0 Å². The summed E-state index contributed by atoms with van der Waals surface area (Å²) in [6.07, 6.45) is 5.36. The zero-order valence-corrected chi connectivity index (χ0v) is 11.7. The van der Waals surface area contributed by atoms with Gasteiger partial charge >= 0.3 is 5.97 Å². The molecule has 0 N–H and O–H groups in total. The average molecular weight is 261 g/mol. The molecule has 1 atom stereocenters. The Kier molecular flexibility index (Phi) is 5.40. The molecule has 1 aromatic carbocycles. The predicted molar refractivity (Wildman–Crippen MR) is 76.0 cm³/mol. The van der Waals surface area contributed by atoms with Crippen LogP contribution in [0.1, 0.15) is 31.2 Å². The van der Waals surface area contributed by atoms with E-state index in [4.69, 9.17) is 4.74 Å². The molecule has 19 heavy (non-hydrogen) atoms. The van der Waals surface area contributed by atoms with Crippen LogP contribution in [0, 0.1) is 0 Å². The lowest BCUT2D eigenvalue weighted by Crippen LogP contribution is -2.42. The van der Waals surface area contributed by atoms with Gasteiger partial charge < -0.3 is 4.74 Å². The summed E-state index contributed by atoms with van der Waals surface area (Å²) in [6.45, 7) is 1.93. The fraction of sp³-hybridized carbons (Fsp3) is 0.562. The molecule has 1 aliphatic rings. The summed E-state index contributed by atoms with van der Waals surface area (Å²) in [6, 6.07) is 11.2. The van der Waals surface area contributed by atoms with Crippen molar-refractivity contribution < 1.29 is 9.53 Å². The quantitative estimate of drug-likeness (QED) is 0.763. The Bertz CT molecular complexity index is 391. The van der Waals surface area contributed by atoms with E-state index in [0.717, 1.165) is 19.5 Å². The van der Waals surface area contributed by atoms with Crippen LogP contribution < -0.4 is 0 Å². The van der Waals surface area contributed by atoms with Crippen molar-refractivity contribution in [2.75, 3.05) is 20.2 Å². The third-order valence-electron chi connectivity index (χ3n) is 3.89. The molecule has 0 aliphatic carbocycles. The lowest BCUT2D eigenvalue weighted by atomic mass is 9.95. The van der Waals surface area contributed by atoms with E-state index in [2.05, 4.69) is 35.2 Å². The van der Waals surface area contributed by atoms with Crippen LogP contribution in [-0.2, 0) is 16.0 Å². The fourth-order valence-electron chi connectivity index (χ4n) is 2.81. The van der Waals surface area contributed by atoms with Gasteiger partial charge in [-0.1, -0.05) is 36.8 Å². The van der Waals surface area contributed by atoms with E-state index in [1.165, 1.54) is 31.9 Å². The van der Waals surface area contributed by atoms with Gasteiger partial charge in [-0.2, -0.15) is 0 Å². The minimum Gasteiger partial charge on any atom is -0.469 e. The fourth-order valence-corrected chi connectivity index (χ4v) is 2.81. The SMILES string of the molecule is COC(=O)CCN1CCCCC1Cc1ccccc1. The summed E-state index contributed by atoms with van der Waals surface area (Å²) < 4.78 is 4.73. The molecule has 0 saturated carbocycles. The van der Waals surface area contributed by atoms with Gasteiger partial charge in [-0.15, -0.1) is 0 Å². The Morgan fingerprint density at radius 1 is 1.32 bits per heavy atom. The first-order valence-corrected chi connectivity index (χ1v) is 7.14. The van der Waals surface area contributed by atoms with E-state index in [0.29, 0.717) is 12.5 Å². The Balaban J connectivity index is 1.90. The summed E-state index contributed by atoms with van der Waals surface area (Å²) in [7, 11) is 1.46. The molecule has 0 spiro atoms. The minimum absolute atomic E-state index is 0.107. The molecule has 0 bridgehead atoms. The van der Waals surface area contributed by atoms with E-state index in [1.807, 2.05) is 0 Å². The maximum Gasteiger partial charge on any atom is 0.306 e. The molecular formula is C16H23NO2. The number of carbonyl (C=O) groups excluding carboxylic acids is 1. The largest absolute Gasteiger partial charge is 0.469 e. The van der Waals surface area contributed by atoms with Crippen LogP contribution in [0.15, 0.2) is 30.3 Å². The zero-order chi connectivity index (χ0) is 13.5. The molecule has 1 aromatic rings. The number of rotatable bonds is 5. The van der Waals surface area contributed by atoms with Crippen LogP contribution in [0.25, 0.3) is 0 Å². The molecule has 1 saturated heterocycles. The van der Waals surface area contributed by atoms with Crippen LogP contribution in [0.4, 0.5) is 0 Å². The number of methoxy groups -OCH3 is 1. The van der Waals surface area contributed by atoms with Gasteiger partial charge in [0.15, 0.2) is 0 Å². The summed E-state index contributed by atoms with van der Waals surface area (Å²) in [5.74, 6) is -0.107. The Labute approximate surface area is 115 Å². The number of ether oxygens (including phenoxy) is 1.